The summed E-state index contributed by atoms with van der Waals surface area (Å²) in [6.07, 6.45) is 2.78. The lowest BCUT2D eigenvalue weighted by molar-refractivity contribution is -0.142. The Bertz CT molecular complexity index is 362. The van der Waals surface area contributed by atoms with Gasteiger partial charge in [-0.3, -0.25) is 10.5 Å². The van der Waals surface area contributed by atoms with Crippen molar-refractivity contribution in [2.24, 2.45) is 5.92 Å². The molecule has 1 unspecified atom stereocenters. The number of carboxylic acids is 1. The molecule has 0 aromatic heterocycles. The first-order chi connectivity index (χ1) is 8.67. The highest BCUT2D eigenvalue weighted by Crippen LogP contribution is 2.16. The smallest absolute Gasteiger partial charge is 0.306 e. The zero-order chi connectivity index (χ0) is 13.4. The molecule has 0 bridgehead atoms. The lowest BCUT2D eigenvalue weighted by Gasteiger charge is -2.10. The summed E-state index contributed by atoms with van der Waals surface area (Å²) >= 11 is 0. The normalized spacial score (nSPS) is 12.1. The van der Waals surface area contributed by atoms with Gasteiger partial charge in [0, 0.05) is 6.54 Å². The van der Waals surface area contributed by atoms with E-state index >= 15 is 0 Å². The molecule has 0 saturated heterocycles. The van der Waals surface area contributed by atoms with E-state index in [4.69, 9.17) is 15.6 Å². The summed E-state index contributed by atoms with van der Waals surface area (Å²) in [5.74, 6) is -0.325. The second-order valence-corrected chi connectivity index (χ2v) is 4.31. The highest BCUT2D eigenvalue weighted by Gasteiger charge is 2.15. The molecule has 18 heavy (non-hydrogen) atoms. The number of carbonyl (C=O) groups is 1. The fourth-order valence-electron chi connectivity index (χ4n) is 1.91. The summed E-state index contributed by atoms with van der Waals surface area (Å²) in [6, 6.07) is 7.82. The maximum absolute atomic E-state index is 10.9. The minimum Gasteiger partial charge on any atom is -0.497 e. The number of ether oxygens (including phenoxy) is 1. The van der Waals surface area contributed by atoms with Gasteiger partial charge in [-0.1, -0.05) is 12.1 Å². The van der Waals surface area contributed by atoms with Gasteiger partial charge >= 0.3 is 5.97 Å². The van der Waals surface area contributed by atoms with Crippen LogP contribution < -0.4 is 10.5 Å². The number of hydrogen-bond acceptors (Lipinski definition) is 2. The lowest BCUT2D eigenvalue weighted by atomic mass is 9.97. The van der Waals surface area contributed by atoms with Crippen LogP contribution in [0.4, 0.5) is 0 Å². The largest absolute Gasteiger partial charge is 0.497 e. The van der Waals surface area contributed by atoms with Crippen LogP contribution in [0, 0.1) is 5.92 Å². The molecule has 4 nitrogen and oxygen atoms in total. The van der Waals surface area contributed by atoms with Gasteiger partial charge in [-0.15, -0.1) is 0 Å². The van der Waals surface area contributed by atoms with Crippen LogP contribution in [-0.4, -0.2) is 24.7 Å². The minimum absolute atomic E-state index is 0.180. The molecule has 1 aromatic rings. The topological polar surface area (TPSA) is 70.3 Å². The van der Waals surface area contributed by atoms with Crippen LogP contribution in [0.1, 0.15) is 24.8 Å². The Morgan fingerprint density at radius 3 is 2.50 bits per heavy atom. The van der Waals surface area contributed by atoms with Crippen LogP contribution in [-0.2, 0) is 11.2 Å². The van der Waals surface area contributed by atoms with E-state index in [1.807, 2.05) is 24.3 Å². The molecule has 0 heterocycles. The molecule has 0 aliphatic heterocycles. The molecular formula is C14H20NO3. The summed E-state index contributed by atoms with van der Waals surface area (Å²) in [5, 5.41) is 8.97. The third-order valence-electron chi connectivity index (χ3n) is 3.02. The van der Waals surface area contributed by atoms with Crippen molar-refractivity contribution in [1.82, 2.24) is 5.73 Å². The highest BCUT2D eigenvalue weighted by atomic mass is 16.5. The van der Waals surface area contributed by atoms with Crippen molar-refractivity contribution >= 4 is 5.97 Å². The van der Waals surface area contributed by atoms with Crippen molar-refractivity contribution in [3.8, 4) is 5.75 Å². The number of methoxy groups -OCH3 is 1. The summed E-state index contributed by atoms with van der Waals surface area (Å²) in [6.45, 7) is 0.180. The first kappa shape index (κ1) is 14.5. The Labute approximate surface area is 108 Å². The molecule has 1 radical (unpaired) electrons. The molecule has 0 amide bonds. The maximum atomic E-state index is 10.9. The van der Waals surface area contributed by atoms with Crippen molar-refractivity contribution in [2.45, 2.75) is 25.7 Å². The van der Waals surface area contributed by atoms with Gasteiger partial charge in [0.1, 0.15) is 5.75 Å². The molecule has 0 fully saturated rings. The number of rotatable bonds is 8. The monoisotopic (exact) mass is 250 g/mol. The first-order valence-corrected chi connectivity index (χ1v) is 6.17. The van der Waals surface area contributed by atoms with Crippen molar-refractivity contribution in [1.29, 1.82) is 0 Å². The quantitative estimate of drug-likeness (QED) is 0.770. The third kappa shape index (κ3) is 4.75. The molecule has 99 valence electrons. The summed E-state index contributed by atoms with van der Waals surface area (Å²) in [4.78, 5) is 10.9. The van der Waals surface area contributed by atoms with E-state index in [1.54, 1.807) is 7.11 Å². The van der Waals surface area contributed by atoms with E-state index in [2.05, 4.69) is 0 Å². The van der Waals surface area contributed by atoms with Crippen molar-refractivity contribution in [3.63, 3.8) is 0 Å². The highest BCUT2D eigenvalue weighted by molar-refractivity contribution is 5.69. The van der Waals surface area contributed by atoms with Gasteiger partial charge in [0.05, 0.1) is 13.0 Å². The molecule has 0 spiro atoms. The van der Waals surface area contributed by atoms with Gasteiger partial charge in [0.2, 0.25) is 0 Å². The molecule has 1 atom stereocenters. The van der Waals surface area contributed by atoms with Gasteiger partial charge in [0.25, 0.3) is 0 Å². The minimum atomic E-state index is -0.781. The molecule has 0 aliphatic rings. The zero-order valence-electron chi connectivity index (χ0n) is 10.7. The van der Waals surface area contributed by atoms with Crippen LogP contribution in [0.25, 0.3) is 0 Å². The van der Waals surface area contributed by atoms with Gasteiger partial charge in [0.15, 0.2) is 0 Å². The Morgan fingerprint density at radius 2 is 2.00 bits per heavy atom. The number of benzene rings is 1. The van der Waals surface area contributed by atoms with Crippen molar-refractivity contribution in [2.75, 3.05) is 13.7 Å². The van der Waals surface area contributed by atoms with Crippen LogP contribution in [0.5, 0.6) is 5.75 Å². The van der Waals surface area contributed by atoms with E-state index in [1.165, 1.54) is 5.56 Å². The average Bonchev–Trinajstić information content (AvgIpc) is 2.38. The summed E-state index contributed by atoms with van der Waals surface area (Å²) in [5.41, 5.74) is 8.28. The van der Waals surface area contributed by atoms with E-state index in [9.17, 15) is 4.79 Å². The number of carboxylic acid groups (broad SMARTS) is 1. The maximum Gasteiger partial charge on any atom is 0.306 e. The Morgan fingerprint density at radius 1 is 1.33 bits per heavy atom. The van der Waals surface area contributed by atoms with Crippen LogP contribution in [0.15, 0.2) is 24.3 Å². The number of hydrogen-bond donors (Lipinski definition) is 1. The van der Waals surface area contributed by atoms with E-state index in [0.29, 0.717) is 12.8 Å². The molecule has 0 aliphatic carbocycles. The van der Waals surface area contributed by atoms with Crippen LogP contribution in [0.3, 0.4) is 0 Å². The molecule has 1 rings (SSSR count). The fraction of sp³-hybridized carbons (Fsp3) is 0.500. The van der Waals surface area contributed by atoms with Crippen LogP contribution >= 0.6 is 0 Å². The van der Waals surface area contributed by atoms with E-state index in [0.717, 1.165) is 18.6 Å². The predicted molar refractivity (Wildman–Crippen MR) is 69.6 cm³/mol. The van der Waals surface area contributed by atoms with Crippen LogP contribution in [0.2, 0.25) is 0 Å². The molecular weight excluding hydrogens is 230 g/mol. The Kier molecular flexibility index (Phi) is 6.22. The average molecular weight is 250 g/mol. The van der Waals surface area contributed by atoms with E-state index < -0.39 is 5.97 Å². The number of nitrogens with one attached hydrogen (secondary N) is 1. The Balaban J connectivity index is 2.37. The summed E-state index contributed by atoms with van der Waals surface area (Å²) < 4.78 is 5.08. The lowest BCUT2D eigenvalue weighted by Crippen LogP contribution is -2.15. The summed E-state index contributed by atoms with van der Waals surface area (Å²) in [7, 11) is 1.63. The standard InChI is InChI=1S/C14H20NO3/c1-18-13-7-5-11(6-8-13)3-2-4-12(9-10-15)14(16)17/h5-8,12,15H,2-4,9-10H2,1H3,(H,16,17). The number of aliphatic carboxylic acids is 1. The molecule has 4 heteroatoms. The second-order valence-electron chi connectivity index (χ2n) is 4.31. The first-order valence-electron chi connectivity index (χ1n) is 6.17. The number of aryl methyl sites for hydroxylation is 1. The second kappa shape index (κ2) is 7.71. The zero-order valence-corrected chi connectivity index (χ0v) is 10.7. The van der Waals surface area contributed by atoms with Gasteiger partial charge in [-0.2, -0.15) is 0 Å². The Hall–Kier alpha value is -1.55. The fourth-order valence-corrected chi connectivity index (χ4v) is 1.91. The van der Waals surface area contributed by atoms with Crippen molar-refractivity contribution < 1.29 is 14.6 Å². The van der Waals surface area contributed by atoms with Gasteiger partial charge in [-0.05, 0) is 43.4 Å². The molecule has 0 saturated carbocycles. The van der Waals surface area contributed by atoms with Gasteiger partial charge in [-0.25, -0.2) is 0 Å². The molecule has 1 aromatic carbocycles. The third-order valence-corrected chi connectivity index (χ3v) is 3.02. The molecule has 2 N–H and O–H groups in total. The SMILES string of the molecule is COc1ccc(CCCC(CC[NH])C(=O)O)cc1. The predicted octanol–water partition coefficient (Wildman–Crippen LogP) is 2.39. The van der Waals surface area contributed by atoms with Gasteiger partial charge < -0.3 is 9.84 Å². The van der Waals surface area contributed by atoms with E-state index in [-0.39, 0.29) is 12.5 Å². The van der Waals surface area contributed by atoms with Crippen molar-refractivity contribution in [3.05, 3.63) is 29.8 Å².